The van der Waals surface area contributed by atoms with Gasteiger partial charge in [0, 0.05) is 24.7 Å². The highest BCUT2D eigenvalue weighted by Crippen LogP contribution is 2.29. The molecule has 4 nitrogen and oxygen atoms in total. The highest BCUT2D eigenvalue weighted by atomic mass is 19.4. The van der Waals surface area contributed by atoms with Crippen LogP contribution < -0.4 is 10.6 Å². The number of piperidine rings is 1. The molecule has 0 bridgehead atoms. The Bertz CT molecular complexity index is 694. The van der Waals surface area contributed by atoms with E-state index < -0.39 is 11.7 Å². The number of urea groups is 1. The molecular formula is C20H26F3N3O. The van der Waals surface area contributed by atoms with Crippen LogP contribution in [0, 0.1) is 17.8 Å². The van der Waals surface area contributed by atoms with Gasteiger partial charge >= 0.3 is 12.2 Å². The van der Waals surface area contributed by atoms with E-state index in [-0.39, 0.29) is 24.2 Å². The molecule has 7 heteroatoms. The smallest absolute Gasteiger partial charge is 0.337 e. The zero-order valence-corrected chi connectivity index (χ0v) is 15.7. The van der Waals surface area contributed by atoms with Gasteiger partial charge in [-0.05, 0) is 50.4 Å². The van der Waals surface area contributed by atoms with E-state index in [0.29, 0.717) is 12.5 Å². The summed E-state index contributed by atoms with van der Waals surface area (Å²) in [6.45, 7) is 7.04. The van der Waals surface area contributed by atoms with E-state index in [1.807, 2.05) is 0 Å². The monoisotopic (exact) mass is 381 g/mol. The maximum Gasteiger partial charge on any atom is 0.416 e. The van der Waals surface area contributed by atoms with Crippen molar-refractivity contribution in [3.63, 3.8) is 0 Å². The van der Waals surface area contributed by atoms with Gasteiger partial charge in [-0.3, -0.25) is 4.90 Å². The molecule has 0 aromatic heterocycles. The Morgan fingerprint density at radius 3 is 2.85 bits per heavy atom. The third kappa shape index (κ3) is 7.14. The number of halogens is 3. The van der Waals surface area contributed by atoms with Crippen molar-refractivity contribution in [2.24, 2.45) is 5.92 Å². The van der Waals surface area contributed by atoms with Crippen molar-refractivity contribution >= 4 is 6.03 Å². The Hall–Kier alpha value is -2.20. The Morgan fingerprint density at radius 2 is 2.15 bits per heavy atom. The lowest BCUT2D eigenvalue weighted by Crippen LogP contribution is -2.48. The van der Waals surface area contributed by atoms with E-state index in [2.05, 4.69) is 41.2 Å². The Morgan fingerprint density at radius 1 is 1.37 bits per heavy atom. The number of hydrogen-bond acceptors (Lipinski definition) is 2. The topological polar surface area (TPSA) is 44.4 Å². The van der Waals surface area contributed by atoms with Gasteiger partial charge in [-0.25, -0.2) is 4.79 Å². The van der Waals surface area contributed by atoms with Gasteiger partial charge in [-0.15, -0.1) is 0 Å². The molecule has 2 atom stereocenters. The van der Waals surface area contributed by atoms with E-state index >= 15 is 0 Å². The zero-order valence-electron chi connectivity index (χ0n) is 15.7. The number of carbonyl (C=O) groups is 1. The molecule has 0 aliphatic carbocycles. The molecule has 1 aliphatic heterocycles. The maximum atomic E-state index is 12.7. The van der Waals surface area contributed by atoms with Crippen molar-refractivity contribution in [2.75, 3.05) is 26.2 Å². The second-order valence-corrected chi connectivity index (χ2v) is 7.04. The Balaban J connectivity index is 1.73. The minimum absolute atomic E-state index is 0.0667. The molecule has 1 aromatic carbocycles. The van der Waals surface area contributed by atoms with Gasteiger partial charge in [0.25, 0.3) is 0 Å². The third-order valence-corrected chi connectivity index (χ3v) is 4.63. The summed E-state index contributed by atoms with van der Waals surface area (Å²) in [5.41, 5.74) is -0.471. The van der Waals surface area contributed by atoms with Crippen molar-refractivity contribution in [2.45, 2.75) is 38.9 Å². The molecule has 1 heterocycles. The molecule has 1 aliphatic rings. The maximum absolute atomic E-state index is 12.7. The van der Waals surface area contributed by atoms with E-state index in [9.17, 15) is 18.0 Å². The summed E-state index contributed by atoms with van der Waals surface area (Å²) in [4.78, 5) is 14.2. The lowest BCUT2D eigenvalue weighted by molar-refractivity contribution is -0.137. The van der Waals surface area contributed by atoms with Crippen LogP contribution in [0.15, 0.2) is 24.3 Å². The molecule has 2 unspecified atom stereocenters. The summed E-state index contributed by atoms with van der Waals surface area (Å²) >= 11 is 0. The van der Waals surface area contributed by atoms with E-state index in [1.165, 1.54) is 25.0 Å². The lowest BCUT2D eigenvalue weighted by atomic mass is 9.99. The first kappa shape index (κ1) is 21.1. The molecule has 1 fully saturated rings. The quantitative estimate of drug-likeness (QED) is 0.785. The van der Waals surface area contributed by atoms with E-state index in [1.54, 1.807) is 0 Å². The number of carbonyl (C=O) groups excluding carboxylic acids is 1. The first-order valence-electron chi connectivity index (χ1n) is 9.17. The second-order valence-electron chi connectivity index (χ2n) is 7.04. The predicted molar refractivity (Wildman–Crippen MR) is 99.2 cm³/mol. The van der Waals surface area contributed by atoms with Crippen LogP contribution in [0.2, 0.25) is 0 Å². The molecule has 2 N–H and O–H groups in total. The fourth-order valence-electron chi connectivity index (χ4n) is 3.10. The van der Waals surface area contributed by atoms with Crippen molar-refractivity contribution in [3.05, 3.63) is 35.4 Å². The highest BCUT2D eigenvalue weighted by Gasteiger charge is 2.30. The molecule has 0 spiro atoms. The number of benzene rings is 1. The normalized spacial score (nSPS) is 18.9. The molecule has 1 aromatic rings. The minimum Gasteiger partial charge on any atom is -0.337 e. The standard InChI is InChI=1S/C20H26F3N3O/c1-15-6-5-11-26(14-15)16(2)13-25-19(27)24-10-4-8-17-7-3-9-18(12-17)20(21,22)23/h3,7,9,12,15-16H,5-6,10-11,13-14H2,1-2H3,(H2,24,25,27). The number of hydrogen-bond donors (Lipinski definition) is 2. The number of likely N-dealkylation sites (tertiary alicyclic amines) is 1. The van der Waals surface area contributed by atoms with Gasteiger partial charge in [0.2, 0.25) is 0 Å². The predicted octanol–water partition coefficient (Wildman–Crippen LogP) is 3.48. The lowest BCUT2D eigenvalue weighted by Gasteiger charge is -2.35. The molecule has 1 saturated heterocycles. The summed E-state index contributed by atoms with van der Waals surface area (Å²) in [7, 11) is 0. The SMILES string of the molecule is CC1CCCN(C(C)CNC(=O)NCC#Cc2cccc(C(F)(F)F)c2)C1. The van der Waals surface area contributed by atoms with Gasteiger partial charge in [0.1, 0.15) is 0 Å². The number of alkyl halides is 3. The minimum atomic E-state index is -4.39. The summed E-state index contributed by atoms with van der Waals surface area (Å²) in [6.07, 6.45) is -1.96. The fourth-order valence-corrected chi connectivity index (χ4v) is 3.10. The van der Waals surface area contributed by atoms with Crippen LogP contribution in [-0.2, 0) is 6.18 Å². The second kappa shape index (κ2) is 9.65. The molecule has 2 rings (SSSR count). The molecule has 148 valence electrons. The van der Waals surface area contributed by atoms with Gasteiger partial charge < -0.3 is 10.6 Å². The third-order valence-electron chi connectivity index (χ3n) is 4.63. The summed E-state index contributed by atoms with van der Waals surface area (Å²) in [6, 6.07) is 4.74. The largest absolute Gasteiger partial charge is 0.416 e. The van der Waals surface area contributed by atoms with Crippen LogP contribution in [0.3, 0.4) is 0 Å². The van der Waals surface area contributed by atoms with Crippen molar-refractivity contribution in [1.82, 2.24) is 15.5 Å². The van der Waals surface area contributed by atoms with Crippen molar-refractivity contribution in [1.29, 1.82) is 0 Å². The van der Waals surface area contributed by atoms with Crippen LogP contribution in [0.5, 0.6) is 0 Å². The Kier molecular flexibility index (Phi) is 7.55. The zero-order chi connectivity index (χ0) is 19.9. The fraction of sp³-hybridized carbons (Fsp3) is 0.550. The number of amides is 2. The summed E-state index contributed by atoms with van der Waals surface area (Å²) in [5.74, 6) is 5.98. The molecule has 0 saturated carbocycles. The molecular weight excluding hydrogens is 355 g/mol. The average Bonchev–Trinajstić information content (AvgIpc) is 2.63. The first-order valence-corrected chi connectivity index (χ1v) is 9.17. The number of nitrogens with one attached hydrogen (secondary N) is 2. The molecule has 2 amide bonds. The molecule has 27 heavy (non-hydrogen) atoms. The van der Waals surface area contributed by atoms with Gasteiger partial charge in [0.05, 0.1) is 12.1 Å². The van der Waals surface area contributed by atoms with Crippen LogP contribution >= 0.6 is 0 Å². The highest BCUT2D eigenvalue weighted by molar-refractivity contribution is 5.74. The molecule has 0 radical (unpaired) electrons. The van der Waals surface area contributed by atoms with Crippen LogP contribution in [0.1, 0.15) is 37.8 Å². The van der Waals surface area contributed by atoms with Gasteiger partial charge in [0.15, 0.2) is 0 Å². The van der Waals surface area contributed by atoms with Crippen LogP contribution in [0.4, 0.5) is 18.0 Å². The van der Waals surface area contributed by atoms with Gasteiger partial charge in [-0.2, -0.15) is 13.2 Å². The van der Waals surface area contributed by atoms with Crippen LogP contribution in [0.25, 0.3) is 0 Å². The first-order chi connectivity index (χ1) is 12.8. The van der Waals surface area contributed by atoms with Crippen molar-refractivity contribution in [3.8, 4) is 11.8 Å². The van der Waals surface area contributed by atoms with Crippen molar-refractivity contribution < 1.29 is 18.0 Å². The number of nitrogens with zero attached hydrogens (tertiary/aromatic N) is 1. The summed E-state index contributed by atoms with van der Waals surface area (Å²) < 4.78 is 38.0. The van der Waals surface area contributed by atoms with Gasteiger partial charge in [-0.1, -0.05) is 24.8 Å². The summed E-state index contributed by atoms with van der Waals surface area (Å²) in [5, 5.41) is 5.41. The average molecular weight is 381 g/mol. The number of rotatable bonds is 4. The van der Waals surface area contributed by atoms with Crippen LogP contribution in [-0.4, -0.2) is 43.2 Å². The van der Waals surface area contributed by atoms with E-state index in [4.69, 9.17) is 0 Å². The Labute approximate surface area is 158 Å². The van der Waals surface area contributed by atoms with E-state index in [0.717, 1.165) is 25.2 Å².